The minimum Gasteiger partial charge on any atom is -0.373 e. The van der Waals surface area contributed by atoms with Crippen molar-refractivity contribution in [1.82, 2.24) is 0 Å². The van der Waals surface area contributed by atoms with E-state index in [0.717, 1.165) is 0 Å². The second-order valence-electron chi connectivity index (χ2n) is 4.78. The molecule has 20 heavy (non-hydrogen) atoms. The number of hydrogen-bond donors (Lipinski definition) is 1. The lowest BCUT2D eigenvalue weighted by Gasteiger charge is -2.36. The zero-order valence-corrected chi connectivity index (χ0v) is 11.2. The summed E-state index contributed by atoms with van der Waals surface area (Å²) in [7, 11) is 0. The second kappa shape index (κ2) is 5.86. The Morgan fingerprint density at radius 3 is 3.00 bits per heavy atom. The summed E-state index contributed by atoms with van der Waals surface area (Å²) in [5, 5.41) is 19.9. The third-order valence-electron chi connectivity index (χ3n) is 3.34. The molecule has 7 nitrogen and oxygen atoms in total. The first-order chi connectivity index (χ1) is 9.52. The maximum Gasteiger partial charge on any atom is 0.289 e. The van der Waals surface area contributed by atoms with E-state index in [4.69, 9.17) is 15.7 Å². The van der Waals surface area contributed by atoms with Crippen LogP contribution in [0, 0.1) is 21.4 Å². The number of nitro benzene ring substituents is 1. The Morgan fingerprint density at radius 2 is 2.40 bits per heavy atom. The summed E-state index contributed by atoms with van der Waals surface area (Å²) in [5.41, 5.74) is 6.43. The highest BCUT2D eigenvalue weighted by molar-refractivity contribution is 5.60. The highest BCUT2D eigenvalue weighted by Crippen LogP contribution is 2.26. The second-order valence-corrected chi connectivity index (χ2v) is 4.78. The average molecular weight is 276 g/mol. The van der Waals surface area contributed by atoms with Gasteiger partial charge in [0.1, 0.15) is 11.6 Å². The number of morpholine rings is 1. The predicted octanol–water partition coefficient (Wildman–Crippen LogP) is 1.02. The Morgan fingerprint density at radius 1 is 1.65 bits per heavy atom. The molecule has 1 aromatic rings. The molecule has 0 spiro atoms. The number of nitriles is 1. The smallest absolute Gasteiger partial charge is 0.289 e. The Hall–Kier alpha value is -2.17. The van der Waals surface area contributed by atoms with Gasteiger partial charge in [-0.2, -0.15) is 5.26 Å². The summed E-state index contributed by atoms with van der Waals surface area (Å²) in [6.07, 6.45) is -0.0987. The fourth-order valence-electron chi connectivity index (χ4n) is 2.19. The van der Waals surface area contributed by atoms with Crippen molar-refractivity contribution in [2.24, 2.45) is 5.73 Å². The summed E-state index contributed by atoms with van der Waals surface area (Å²) in [5.74, 6) is 0. The molecule has 2 atom stereocenters. The van der Waals surface area contributed by atoms with Gasteiger partial charge in [-0.15, -0.1) is 0 Å². The van der Waals surface area contributed by atoms with Crippen LogP contribution in [-0.4, -0.2) is 36.8 Å². The predicted molar refractivity (Wildman–Crippen MR) is 73.4 cm³/mol. The maximum atomic E-state index is 11.0. The first kappa shape index (κ1) is 14.2. The molecular weight excluding hydrogens is 260 g/mol. The van der Waals surface area contributed by atoms with Gasteiger partial charge in [-0.05, 0) is 19.1 Å². The van der Waals surface area contributed by atoms with Gasteiger partial charge in [-0.25, -0.2) is 0 Å². The van der Waals surface area contributed by atoms with Gasteiger partial charge in [-0.1, -0.05) is 0 Å². The summed E-state index contributed by atoms with van der Waals surface area (Å²) in [4.78, 5) is 12.4. The average Bonchev–Trinajstić information content (AvgIpc) is 2.46. The number of ether oxygens (including phenoxy) is 1. The lowest BCUT2D eigenvalue weighted by molar-refractivity contribution is -0.385. The Kier molecular flexibility index (Phi) is 4.17. The van der Waals surface area contributed by atoms with Gasteiger partial charge in [0, 0.05) is 30.9 Å². The minimum atomic E-state index is -0.536. The van der Waals surface area contributed by atoms with E-state index in [1.54, 1.807) is 6.07 Å². The molecule has 2 unspecified atom stereocenters. The summed E-state index contributed by atoms with van der Waals surface area (Å²) in [6, 6.07) is 6.35. The normalized spacial score (nSPS) is 20.2. The first-order valence-corrected chi connectivity index (χ1v) is 6.33. The van der Waals surface area contributed by atoms with E-state index in [1.807, 2.05) is 17.9 Å². The van der Waals surface area contributed by atoms with Crippen molar-refractivity contribution >= 4 is 11.4 Å². The van der Waals surface area contributed by atoms with E-state index >= 15 is 0 Å². The molecule has 2 rings (SSSR count). The third-order valence-corrected chi connectivity index (χ3v) is 3.34. The van der Waals surface area contributed by atoms with Crippen LogP contribution in [0.4, 0.5) is 11.4 Å². The van der Waals surface area contributed by atoms with Crippen molar-refractivity contribution < 1.29 is 9.66 Å². The molecule has 106 valence electrons. The van der Waals surface area contributed by atoms with Gasteiger partial charge in [0.05, 0.1) is 17.6 Å². The number of rotatable bonds is 3. The van der Waals surface area contributed by atoms with Crippen LogP contribution in [0.1, 0.15) is 12.5 Å². The van der Waals surface area contributed by atoms with Crippen molar-refractivity contribution in [3.63, 3.8) is 0 Å². The molecule has 0 saturated carbocycles. The van der Waals surface area contributed by atoms with Crippen molar-refractivity contribution in [1.29, 1.82) is 5.26 Å². The molecule has 0 radical (unpaired) electrons. The minimum absolute atomic E-state index is 0.0655. The van der Waals surface area contributed by atoms with E-state index in [1.165, 1.54) is 12.1 Å². The Labute approximate surface area is 116 Å². The topological polar surface area (TPSA) is 105 Å². The van der Waals surface area contributed by atoms with Crippen molar-refractivity contribution in [3.05, 3.63) is 33.9 Å². The van der Waals surface area contributed by atoms with Gasteiger partial charge in [-0.3, -0.25) is 10.1 Å². The fourth-order valence-corrected chi connectivity index (χ4v) is 2.19. The van der Waals surface area contributed by atoms with Crippen LogP contribution < -0.4 is 10.6 Å². The molecule has 2 N–H and O–H groups in total. The van der Waals surface area contributed by atoms with Gasteiger partial charge < -0.3 is 15.4 Å². The molecule has 0 bridgehead atoms. The third kappa shape index (κ3) is 2.87. The number of hydrogen-bond acceptors (Lipinski definition) is 6. The highest BCUT2D eigenvalue weighted by atomic mass is 16.6. The van der Waals surface area contributed by atoms with Crippen LogP contribution in [0.2, 0.25) is 0 Å². The number of nitro groups is 1. The number of nitrogens with zero attached hydrogens (tertiary/aromatic N) is 3. The molecule has 7 heteroatoms. The summed E-state index contributed by atoms with van der Waals surface area (Å²) in [6.45, 7) is 3.63. The van der Waals surface area contributed by atoms with Crippen LogP contribution in [0.15, 0.2) is 18.2 Å². The SMILES string of the molecule is CC(N)C1CN(c2ccc(C#N)c([N+](=O)[O-])c2)CCO1. The lowest BCUT2D eigenvalue weighted by Crippen LogP contribution is -2.49. The quantitative estimate of drug-likeness (QED) is 0.652. The highest BCUT2D eigenvalue weighted by Gasteiger charge is 2.25. The Bertz CT molecular complexity index is 553. The van der Waals surface area contributed by atoms with Gasteiger partial charge >= 0.3 is 0 Å². The van der Waals surface area contributed by atoms with E-state index in [0.29, 0.717) is 25.4 Å². The van der Waals surface area contributed by atoms with Crippen LogP contribution in [0.5, 0.6) is 0 Å². The van der Waals surface area contributed by atoms with E-state index < -0.39 is 4.92 Å². The monoisotopic (exact) mass is 276 g/mol. The maximum absolute atomic E-state index is 11.0. The van der Waals surface area contributed by atoms with Gasteiger partial charge in [0.15, 0.2) is 0 Å². The molecule has 0 amide bonds. The summed E-state index contributed by atoms with van der Waals surface area (Å²) >= 11 is 0. The zero-order valence-electron chi connectivity index (χ0n) is 11.2. The molecule has 1 saturated heterocycles. The molecule has 0 aromatic heterocycles. The number of benzene rings is 1. The first-order valence-electron chi connectivity index (χ1n) is 6.33. The molecule has 0 aliphatic carbocycles. The summed E-state index contributed by atoms with van der Waals surface area (Å²) < 4.78 is 5.56. The van der Waals surface area contributed by atoms with Gasteiger partial charge in [0.25, 0.3) is 5.69 Å². The van der Waals surface area contributed by atoms with Crippen molar-refractivity contribution in [3.8, 4) is 6.07 Å². The molecule has 1 aliphatic rings. The van der Waals surface area contributed by atoms with E-state index in [9.17, 15) is 10.1 Å². The molecule has 1 aliphatic heterocycles. The molecular formula is C13H16N4O3. The van der Waals surface area contributed by atoms with Crippen molar-refractivity contribution in [2.45, 2.75) is 19.1 Å². The van der Waals surface area contributed by atoms with Crippen LogP contribution >= 0.6 is 0 Å². The Balaban J connectivity index is 2.27. The number of anilines is 1. The van der Waals surface area contributed by atoms with E-state index in [-0.39, 0.29) is 23.4 Å². The lowest BCUT2D eigenvalue weighted by atomic mass is 10.1. The molecule has 1 aromatic carbocycles. The van der Waals surface area contributed by atoms with E-state index in [2.05, 4.69) is 0 Å². The molecule has 1 heterocycles. The number of nitrogens with two attached hydrogens (primary N) is 1. The fraction of sp³-hybridized carbons (Fsp3) is 0.462. The largest absolute Gasteiger partial charge is 0.373 e. The van der Waals surface area contributed by atoms with Crippen LogP contribution in [-0.2, 0) is 4.74 Å². The van der Waals surface area contributed by atoms with Gasteiger partial charge in [0.2, 0.25) is 0 Å². The van der Waals surface area contributed by atoms with Crippen LogP contribution in [0.3, 0.4) is 0 Å². The zero-order chi connectivity index (χ0) is 14.7. The molecule has 1 fully saturated rings. The van der Waals surface area contributed by atoms with Crippen molar-refractivity contribution in [2.75, 3.05) is 24.6 Å². The van der Waals surface area contributed by atoms with Crippen LogP contribution in [0.25, 0.3) is 0 Å². The standard InChI is InChI=1S/C13H16N4O3/c1-9(15)13-8-16(4-5-20-13)11-3-2-10(7-14)12(6-11)17(18)19/h2-3,6,9,13H,4-5,8,15H2,1H3.